The molecule has 0 aliphatic rings. The van der Waals surface area contributed by atoms with E-state index in [2.05, 4.69) is 27.6 Å². The Morgan fingerprint density at radius 3 is 2.76 bits per heavy atom. The maximum Gasteiger partial charge on any atom is 0.325 e. The van der Waals surface area contributed by atoms with Crippen LogP contribution in [-0.2, 0) is 16.1 Å². The molecule has 0 radical (unpaired) electrons. The predicted octanol–water partition coefficient (Wildman–Crippen LogP) is 3.36. The SMILES string of the molecule is COC(=O)Cn1c(=NC(=O)c2ccccc2I)sc2cc(F)ccc21. The monoisotopic (exact) mass is 470 g/mol. The lowest BCUT2D eigenvalue weighted by atomic mass is 10.2. The number of esters is 1. The van der Waals surface area contributed by atoms with Crippen molar-refractivity contribution in [2.75, 3.05) is 7.11 Å². The van der Waals surface area contributed by atoms with Gasteiger partial charge in [0.15, 0.2) is 4.80 Å². The van der Waals surface area contributed by atoms with Crippen molar-refractivity contribution in [3.05, 3.63) is 62.2 Å². The second-order valence-corrected chi connectivity index (χ2v) is 7.23. The number of thiazole rings is 1. The van der Waals surface area contributed by atoms with E-state index in [0.717, 1.165) is 14.9 Å². The van der Waals surface area contributed by atoms with Crippen LogP contribution in [0.4, 0.5) is 4.39 Å². The van der Waals surface area contributed by atoms with E-state index in [1.54, 1.807) is 22.8 Å². The third kappa shape index (κ3) is 3.79. The molecule has 1 aromatic heterocycles. The largest absolute Gasteiger partial charge is 0.468 e. The average molecular weight is 470 g/mol. The van der Waals surface area contributed by atoms with E-state index in [4.69, 9.17) is 4.74 Å². The maximum absolute atomic E-state index is 13.5. The topological polar surface area (TPSA) is 60.7 Å². The summed E-state index contributed by atoms with van der Waals surface area (Å²) in [4.78, 5) is 28.7. The zero-order valence-electron chi connectivity index (χ0n) is 13.0. The fraction of sp³-hybridized carbons (Fsp3) is 0.118. The Morgan fingerprint density at radius 1 is 1.28 bits per heavy atom. The molecule has 0 saturated heterocycles. The number of hydrogen-bond acceptors (Lipinski definition) is 4. The molecule has 5 nitrogen and oxygen atoms in total. The van der Waals surface area contributed by atoms with Gasteiger partial charge >= 0.3 is 5.97 Å². The van der Waals surface area contributed by atoms with Crippen molar-refractivity contribution in [2.24, 2.45) is 4.99 Å². The second kappa shape index (κ2) is 7.44. The first-order chi connectivity index (χ1) is 12.0. The lowest BCUT2D eigenvalue weighted by molar-refractivity contribution is -0.141. The van der Waals surface area contributed by atoms with Gasteiger partial charge in [-0.3, -0.25) is 9.59 Å². The van der Waals surface area contributed by atoms with Gasteiger partial charge in [0.1, 0.15) is 12.4 Å². The molecule has 0 atom stereocenters. The van der Waals surface area contributed by atoms with E-state index in [-0.39, 0.29) is 6.54 Å². The Hall–Kier alpha value is -2.07. The third-order valence-electron chi connectivity index (χ3n) is 3.46. The quantitative estimate of drug-likeness (QED) is 0.436. The standard InChI is InChI=1S/C17H12FIN2O3S/c1-24-15(22)9-21-13-7-6-10(18)8-14(13)25-17(21)20-16(23)11-4-2-3-5-12(11)19/h2-8H,9H2,1H3. The average Bonchev–Trinajstić information content (AvgIpc) is 2.91. The molecule has 2 aromatic carbocycles. The Labute approximate surface area is 159 Å². The van der Waals surface area contributed by atoms with Crippen LogP contribution in [0.15, 0.2) is 47.5 Å². The summed E-state index contributed by atoms with van der Waals surface area (Å²) < 4.78 is 21.1. The van der Waals surface area contributed by atoms with Crippen molar-refractivity contribution in [2.45, 2.75) is 6.54 Å². The van der Waals surface area contributed by atoms with Crippen molar-refractivity contribution in [3.63, 3.8) is 0 Å². The van der Waals surface area contributed by atoms with Crippen LogP contribution in [0.5, 0.6) is 0 Å². The minimum absolute atomic E-state index is 0.111. The minimum Gasteiger partial charge on any atom is -0.468 e. The fourth-order valence-corrected chi connectivity index (χ4v) is 3.93. The Morgan fingerprint density at radius 2 is 2.04 bits per heavy atom. The molecule has 25 heavy (non-hydrogen) atoms. The smallest absolute Gasteiger partial charge is 0.325 e. The van der Waals surface area contributed by atoms with Gasteiger partial charge in [-0.1, -0.05) is 23.5 Å². The number of fused-ring (bicyclic) bond motifs is 1. The molecular formula is C17H12FIN2O3S. The molecule has 1 amide bonds. The van der Waals surface area contributed by atoms with Crippen LogP contribution in [0.2, 0.25) is 0 Å². The van der Waals surface area contributed by atoms with E-state index in [9.17, 15) is 14.0 Å². The van der Waals surface area contributed by atoms with E-state index in [1.807, 2.05) is 12.1 Å². The fourth-order valence-electron chi connectivity index (χ4n) is 2.26. The molecule has 0 bridgehead atoms. The van der Waals surface area contributed by atoms with Gasteiger partial charge in [0, 0.05) is 3.57 Å². The van der Waals surface area contributed by atoms with Crippen molar-refractivity contribution >= 4 is 56.0 Å². The molecule has 0 fully saturated rings. The zero-order valence-corrected chi connectivity index (χ0v) is 16.0. The van der Waals surface area contributed by atoms with Crippen molar-refractivity contribution in [1.29, 1.82) is 0 Å². The molecule has 0 aliphatic carbocycles. The molecule has 0 aliphatic heterocycles. The van der Waals surface area contributed by atoms with E-state index in [0.29, 0.717) is 20.6 Å². The van der Waals surface area contributed by atoms with E-state index >= 15 is 0 Å². The summed E-state index contributed by atoms with van der Waals surface area (Å²) in [7, 11) is 1.28. The number of amides is 1. The van der Waals surface area contributed by atoms with Crippen LogP contribution >= 0.6 is 33.9 Å². The summed E-state index contributed by atoms with van der Waals surface area (Å²) in [5.41, 5.74) is 1.09. The van der Waals surface area contributed by atoms with Crippen LogP contribution in [0.1, 0.15) is 10.4 Å². The highest BCUT2D eigenvalue weighted by Gasteiger charge is 2.14. The third-order valence-corrected chi connectivity index (χ3v) is 5.44. The number of carbonyl (C=O) groups is 2. The highest BCUT2D eigenvalue weighted by Crippen LogP contribution is 2.19. The predicted molar refractivity (Wildman–Crippen MR) is 101 cm³/mol. The molecule has 0 saturated carbocycles. The molecule has 1 heterocycles. The number of carbonyl (C=O) groups excluding carboxylic acids is 2. The first-order valence-electron chi connectivity index (χ1n) is 7.19. The molecule has 3 aromatic rings. The molecule has 0 N–H and O–H groups in total. The number of halogens is 2. The maximum atomic E-state index is 13.5. The van der Waals surface area contributed by atoms with Crippen molar-refractivity contribution < 1.29 is 18.7 Å². The van der Waals surface area contributed by atoms with Gasteiger partial charge in [0.2, 0.25) is 0 Å². The van der Waals surface area contributed by atoms with Gasteiger partial charge in [0.05, 0.1) is 22.9 Å². The molecular weight excluding hydrogens is 458 g/mol. The lowest BCUT2D eigenvalue weighted by Crippen LogP contribution is -2.22. The summed E-state index contributed by atoms with van der Waals surface area (Å²) >= 11 is 3.21. The van der Waals surface area contributed by atoms with E-state index in [1.165, 1.54) is 19.2 Å². The first-order valence-corrected chi connectivity index (χ1v) is 9.08. The van der Waals surface area contributed by atoms with Crippen molar-refractivity contribution in [1.82, 2.24) is 4.57 Å². The van der Waals surface area contributed by atoms with Gasteiger partial charge in [-0.2, -0.15) is 4.99 Å². The number of ether oxygens (including phenoxy) is 1. The summed E-state index contributed by atoms with van der Waals surface area (Å²) in [6.07, 6.45) is 0. The first kappa shape index (κ1) is 17.7. The highest BCUT2D eigenvalue weighted by atomic mass is 127. The Kier molecular flexibility index (Phi) is 5.28. The number of rotatable bonds is 3. The molecule has 128 valence electrons. The summed E-state index contributed by atoms with van der Waals surface area (Å²) in [5, 5.41) is 0. The molecule has 0 unspecified atom stereocenters. The number of benzene rings is 2. The summed E-state index contributed by atoms with van der Waals surface area (Å²) in [5.74, 6) is -1.29. The second-order valence-electron chi connectivity index (χ2n) is 5.06. The molecule has 3 rings (SSSR count). The van der Waals surface area contributed by atoms with Crippen LogP contribution in [0, 0.1) is 9.39 Å². The van der Waals surface area contributed by atoms with Crippen LogP contribution < -0.4 is 4.80 Å². The number of aromatic nitrogens is 1. The van der Waals surface area contributed by atoms with Gasteiger partial charge < -0.3 is 9.30 Å². The van der Waals surface area contributed by atoms with Crippen molar-refractivity contribution in [3.8, 4) is 0 Å². The number of hydrogen-bond donors (Lipinski definition) is 0. The minimum atomic E-state index is -0.479. The van der Waals surface area contributed by atoms with E-state index < -0.39 is 17.7 Å². The van der Waals surface area contributed by atoms with Crippen LogP contribution in [0.3, 0.4) is 0 Å². The Balaban J connectivity index is 2.17. The van der Waals surface area contributed by atoms with Gasteiger partial charge in [-0.15, -0.1) is 0 Å². The van der Waals surface area contributed by atoms with Gasteiger partial charge in [0.25, 0.3) is 5.91 Å². The number of nitrogens with zero attached hydrogens (tertiary/aromatic N) is 2. The summed E-state index contributed by atoms with van der Waals surface area (Å²) in [6.45, 7) is -0.111. The highest BCUT2D eigenvalue weighted by molar-refractivity contribution is 14.1. The van der Waals surface area contributed by atoms with Gasteiger partial charge in [-0.25, -0.2) is 4.39 Å². The molecule has 0 spiro atoms. The number of methoxy groups -OCH3 is 1. The molecule has 8 heteroatoms. The summed E-state index contributed by atoms with van der Waals surface area (Å²) in [6, 6.07) is 11.3. The van der Waals surface area contributed by atoms with Crippen LogP contribution in [-0.4, -0.2) is 23.6 Å². The zero-order chi connectivity index (χ0) is 18.0. The van der Waals surface area contributed by atoms with Crippen LogP contribution in [0.25, 0.3) is 10.2 Å². The lowest BCUT2D eigenvalue weighted by Gasteiger charge is -2.03. The van der Waals surface area contributed by atoms with Gasteiger partial charge in [-0.05, 0) is 52.9 Å². The normalized spacial score (nSPS) is 11.7. The Bertz CT molecular complexity index is 1040.